The number of nitrogens with one attached hydrogen (secondary N) is 1. The predicted octanol–water partition coefficient (Wildman–Crippen LogP) is 4.78. The first kappa shape index (κ1) is 20.1. The van der Waals surface area contributed by atoms with Crippen LogP contribution in [0.1, 0.15) is 28.4 Å². The van der Waals surface area contributed by atoms with Crippen LogP contribution in [-0.4, -0.2) is 26.8 Å². The summed E-state index contributed by atoms with van der Waals surface area (Å²) in [6, 6.07) is 21.3. The van der Waals surface area contributed by atoms with Gasteiger partial charge in [0.2, 0.25) is 0 Å². The molecule has 0 radical (unpaired) electrons. The van der Waals surface area contributed by atoms with E-state index in [4.69, 9.17) is 4.98 Å². The highest BCUT2D eigenvalue weighted by molar-refractivity contribution is 6.08. The molecule has 3 N–H and O–H groups in total. The minimum atomic E-state index is -0.397. The Morgan fingerprint density at radius 1 is 0.935 bits per heavy atom. The van der Waals surface area contributed by atoms with Gasteiger partial charge < -0.3 is 10.2 Å². The first-order valence-electron chi connectivity index (χ1n) is 9.76. The summed E-state index contributed by atoms with van der Waals surface area (Å²) in [5.74, 6) is -0.438. The molecule has 4 aromatic rings. The fourth-order valence-corrected chi connectivity index (χ4v) is 3.38. The smallest absolute Gasteiger partial charge is 0.272 e. The molecule has 0 saturated heterocycles. The van der Waals surface area contributed by atoms with Gasteiger partial charge in [-0.1, -0.05) is 42.0 Å². The van der Waals surface area contributed by atoms with Gasteiger partial charge in [0.05, 0.1) is 22.5 Å². The Morgan fingerprint density at radius 3 is 2.55 bits per heavy atom. The lowest BCUT2D eigenvalue weighted by Crippen LogP contribution is -2.20. The Bertz CT molecular complexity index is 1330. The molecule has 0 spiro atoms. The number of carbonyl (C=O) groups is 1. The van der Waals surface area contributed by atoms with Crippen LogP contribution in [0.2, 0.25) is 0 Å². The minimum Gasteiger partial charge on any atom is -0.508 e. The number of phenols is 2. The quantitative estimate of drug-likeness (QED) is 0.256. The zero-order valence-electron chi connectivity index (χ0n) is 17.1. The van der Waals surface area contributed by atoms with Crippen molar-refractivity contribution < 1.29 is 15.0 Å². The van der Waals surface area contributed by atoms with E-state index in [-0.39, 0.29) is 11.5 Å². The van der Waals surface area contributed by atoms with E-state index in [1.54, 1.807) is 13.0 Å². The maximum Gasteiger partial charge on any atom is 0.272 e. The van der Waals surface area contributed by atoms with Crippen LogP contribution in [0.3, 0.4) is 0 Å². The number of aromatic nitrogens is 1. The van der Waals surface area contributed by atoms with Gasteiger partial charge in [-0.15, -0.1) is 0 Å². The second kappa shape index (κ2) is 8.28. The summed E-state index contributed by atoms with van der Waals surface area (Å²) in [5, 5.41) is 24.5. The number of fused-ring (bicyclic) bond motifs is 1. The van der Waals surface area contributed by atoms with Crippen molar-refractivity contribution in [3.63, 3.8) is 0 Å². The molecule has 0 aliphatic rings. The number of para-hydroxylation sites is 1. The number of aryl methyl sites for hydroxylation is 1. The first-order valence-corrected chi connectivity index (χ1v) is 9.76. The highest BCUT2D eigenvalue weighted by atomic mass is 16.3. The molecule has 0 saturated carbocycles. The zero-order chi connectivity index (χ0) is 22.0. The number of hydrogen-bond donors (Lipinski definition) is 3. The van der Waals surface area contributed by atoms with Crippen molar-refractivity contribution >= 4 is 22.5 Å². The SMILES string of the molecule is CC(=NNC(=O)c1cc(-c2cccc(C)c2)nc2ccccc12)c1cc(O)ccc1O. The van der Waals surface area contributed by atoms with Crippen molar-refractivity contribution in [3.05, 3.63) is 89.5 Å². The van der Waals surface area contributed by atoms with E-state index in [0.29, 0.717) is 33.4 Å². The van der Waals surface area contributed by atoms with Gasteiger partial charge >= 0.3 is 0 Å². The van der Waals surface area contributed by atoms with E-state index in [9.17, 15) is 15.0 Å². The molecule has 0 fully saturated rings. The van der Waals surface area contributed by atoms with Gasteiger partial charge in [-0.05, 0) is 50.2 Å². The maximum atomic E-state index is 13.0. The minimum absolute atomic E-state index is 0.00315. The van der Waals surface area contributed by atoms with Gasteiger partial charge in [0.15, 0.2) is 0 Å². The van der Waals surface area contributed by atoms with Crippen molar-refractivity contribution in [1.82, 2.24) is 10.4 Å². The van der Waals surface area contributed by atoms with Gasteiger partial charge in [0.25, 0.3) is 5.91 Å². The first-order chi connectivity index (χ1) is 14.9. The topological polar surface area (TPSA) is 94.8 Å². The highest BCUT2D eigenvalue weighted by Gasteiger charge is 2.14. The van der Waals surface area contributed by atoms with Gasteiger partial charge in [-0.3, -0.25) is 4.79 Å². The monoisotopic (exact) mass is 411 g/mol. The second-order valence-electron chi connectivity index (χ2n) is 7.28. The van der Waals surface area contributed by atoms with Crippen LogP contribution in [0.5, 0.6) is 11.5 Å². The van der Waals surface area contributed by atoms with Crippen LogP contribution in [0.4, 0.5) is 0 Å². The number of benzene rings is 3. The molecular formula is C25H21N3O3. The molecule has 6 nitrogen and oxygen atoms in total. The molecule has 1 heterocycles. The van der Waals surface area contributed by atoms with Crippen molar-refractivity contribution in [2.24, 2.45) is 5.10 Å². The molecule has 1 aromatic heterocycles. The van der Waals surface area contributed by atoms with Crippen LogP contribution in [0, 0.1) is 6.92 Å². The van der Waals surface area contributed by atoms with E-state index < -0.39 is 5.91 Å². The van der Waals surface area contributed by atoms with Crippen molar-refractivity contribution in [2.75, 3.05) is 0 Å². The molecule has 0 aliphatic carbocycles. The lowest BCUT2D eigenvalue weighted by atomic mass is 10.0. The van der Waals surface area contributed by atoms with Gasteiger partial charge in [-0.25, -0.2) is 10.4 Å². The Balaban J connectivity index is 1.72. The summed E-state index contributed by atoms with van der Waals surface area (Å²) in [7, 11) is 0. The molecule has 6 heteroatoms. The van der Waals surface area contributed by atoms with Crippen molar-refractivity contribution in [1.29, 1.82) is 0 Å². The lowest BCUT2D eigenvalue weighted by Gasteiger charge is -2.10. The molecule has 0 atom stereocenters. The molecule has 0 aliphatic heterocycles. The predicted molar refractivity (Wildman–Crippen MR) is 121 cm³/mol. The van der Waals surface area contributed by atoms with Crippen molar-refractivity contribution in [3.8, 4) is 22.8 Å². The van der Waals surface area contributed by atoms with Crippen LogP contribution in [0.15, 0.2) is 77.9 Å². The number of aromatic hydroxyl groups is 2. The van der Waals surface area contributed by atoms with Gasteiger partial charge in [0.1, 0.15) is 11.5 Å². The van der Waals surface area contributed by atoms with E-state index >= 15 is 0 Å². The summed E-state index contributed by atoms with van der Waals surface area (Å²) in [4.78, 5) is 17.8. The summed E-state index contributed by atoms with van der Waals surface area (Å²) in [5.41, 5.74) is 7.11. The largest absolute Gasteiger partial charge is 0.508 e. The summed E-state index contributed by atoms with van der Waals surface area (Å²) in [6.45, 7) is 3.64. The third-order valence-corrected chi connectivity index (χ3v) is 4.97. The van der Waals surface area contributed by atoms with E-state index in [1.165, 1.54) is 18.2 Å². The fraction of sp³-hybridized carbons (Fsp3) is 0.0800. The average Bonchev–Trinajstić information content (AvgIpc) is 2.78. The Morgan fingerprint density at radius 2 is 1.74 bits per heavy atom. The number of amides is 1. The number of carbonyl (C=O) groups excluding carboxylic acids is 1. The Labute approximate surface area is 179 Å². The molecule has 0 bridgehead atoms. The third-order valence-electron chi connectivity index (χ3n) is 4.97. The summed E-state index contributed by atoms with van der Waals surface area (Å²) < 4.78 is 0. The van der Waals surface area contributed by atoms with Crippen molar-refractivity contribution in [2.45, 2.75) is 13.8 Å². The summed E-state index contributed by atoms with van der Waals surface area (Å²) >= 11 is 0. The molecule has 1 amide bonds. The molecular weight excluding hydrogens is 390 g/mol. The molecule has 154 valence electrons. The highest BCUT2D eigenvalue weighted by Crippen LogP contribution is 2.26. The Kier molecular flexibility index (Phi) is 5.37. The third kappa shape index (κ3) is 4.23. The van der Waals surface area contributed by atoms with E-state index in [0.717, 1.165) is 11.1 Å². The van der Waals surface area contributed by atoms with E-state index in [1.807, 2.05) is 55.5 Å². The normalized spacial score (nSPS) is 11.5. The number of nitrogens with zero attached hydrogens (tertiary/aromatic N) is 2. The fourth-order valence-electron chi connectivity index (χ4n) is 3.38. The summed E-state index contributed by atoms with van der Waals surface area (Å²) in [6.07, 6.45) is 0. The molecule has 31 heavy (non-hydrogen) atoms. The maximum absolute atomic E-state index is 13.0. The van der Waals surface area contributed by atoms with Crippen LogP contribution >= 0.6 is 0 Å². The average molecular weight is 411 g/mol. The van der Waals surface area contributed by atoms with E-state index in [2.05, 4.69) is 10.5 Å². The zero-order valence-corrected chi connectivity index (χ0v) is 17.1. The molecule has 4 rings (SSSR count). The molecule has 3 aromatic carbocycles. The van der Waals surface area contributed by atoms with Crippen LogP contribution in [0.25, 0.3) is 22.2 Å². The number of pyridine rings is 1. The Hall–Kier alpha value is -4.19. The van der Waals surface area contributed by atoms with Crippen LogP contribution < -0.4 is 5.43 Å². The van der Waals surface area contributed by atoms with Gasteiger partial charge in [0, 0.05) is 16.5 Å². The second-order valence-corrected chi connectivity index (χ2v) is 7.28. The number of hydrogen-bond acceptors (Lipinski definition) is 5. The lowest BCUT2D eigenvalue weighted by molar-refractivity contribution is 0.0956. The molecule has 0 unspecified atom stereocenters. The number of hydrazone groups is 1. The number of phenolic OH excluding ortho intramolecular Hbond substituents is 2. The van der Waals surface area contributed by atoms with Crippen LogP contribution in [-0.2, 0) is 0 Å². The number of rotatable bonds is 4. The van der Waals surface area contributed by atoms with Gasteiger partial charge in [-0.2, -0.15) is 5.10 Å². The standard InChI is InChI=1S/C25H21N3O3/c1-15-6-5-7-17(12-15)23-14-21(19-8-3-4-9-22(19)26-23)25(31)28-27-16(2)20-13-18(29)10-11-24(20)30/h3-14,29-30H,1-2H3,(H,28,31).